The highest BCUT2D eigenvalue weighted by Crippen LogP contribution is 2.33. The molecule has 33 heavy (non-hydrogen) atoms. The number of aromatic amines is 1. The number of nitrogens with zero attached hydrogens (tertiary/aromatic N) is 1. The van der Waals surface area contributed by atoms with Crippen LogP contribution in [-0.2, 0) is 34.9 Å². The third-order valence-electron chi connectivity index (χ3n) is 6.19. The zero-order chi connectivity index (χ0) is 23.0. The highest BCUT2D eigenvalue weighted by molar-refractivity contribution is 7.90. The van der Waals surface area contributed by atoms with Gasteiger partial charge in [0.05, 0.1) is 16.3 Å². The summed E-state index contributed by atoms with van der Waals surface area (Å²) in [6, 6.07) is 22.3. The van der Waals surface area contributed by atoms with Gasteiger partial charge in [0.25, 0.3) is 0 Å². The van der Waals surface area contributed by atoms with E-state index < -0.39 is 9.84 Å². The van der Waals surface area contributed by atoms with E-state index in [1.807, 2.05) is 49.4 Å². The van der Waals surface area contributed by atoms with Crippen LogP contribution < -0.4 is 0 Å². The van der Waals surface area contributed by atoms with Gasteiger partial charge in [-0.15, -0.1) is 0 Å². The maximum atomic E-state index is 13.0. The number of aromatic nitrogens is 2. The van der Waals surface area contributed by atoms with Crippen LogP contribution in [0, 0.1) is 6.92 Å². The quantitative estimate of drug-likeness (QED) is 0.419. The molecule has 166 valence electrons. The molecule has 3 aromatic carbocycles. The van der Waals surface area contributed by atoms with E-state index in [2.05, 4.69) is 16.3 Å². The van der Waals surface area contributed by atoms with E-state index in [1.165, 1.54) is 5.56 Å². The summed E-state index contributed by atoms with van der Waals surface area (Å²) in [7, 11) is -3.46. The standard InChI is InChI=1S/C27H24N2O3S/c1-18-6-8-20(9-7-18)17-33(31,32)22-13-10-19(11-14-22)16-25(30)27-24-15-12-21-4-2-3-5-23(21)26(24)28-29-27/h2-11,13-14H,12,15-17H2,1H3,(H,28,29). The summed E-state index contributed by atoms with van der Waals surface area (Å²) in [5.74, 6) is -0.0915. The number of Topliss-reactive ketones (excluding diaryl/α,β-unsaturated/α-hetero) is 1. The summed E-state index contributed by atoms with van der Waals surface area (Å²) in [5.41, 5.74) is 7.33. The lowest BCUT2D eigenvalue weighted by Crippen LogP contribution is -2.10. The number of H-pyrrole nitrogens is 1. The number of fused-ring (bicyclic) bond motifs is 3. The van der Waals surface area contributed by atoms with Crippen LogP contribution in [0.2, 0.25) is 0 Å². The summed E-state index contributed by atoms with van der Waals surface area (Å²) in [4.78, 5) is 13.3. The Balaban J connectivity index is 1.32. The highest BCUT2D eigenvalue weighted by atomic mass is 32.2. The van der Waals surface area contributed by atoms with Gasteiger partial charge in [-0.05, 0) is 48.6 Å². The first-order valence-electron chi connectivity index (χ1n) is 11.0. The minimum absolute atomic E-state index is 0.0432. The molecule has 0 spiro atoms. The van der Waals surface area contributed by atoms with Crippen LogP contribution in [0.4, 0.5) is 0 Å². The number of carbonyl (C=O) groups excluding carboxylic acids is 1. The monoisotopic (exact) mass is 456 g/mol. The predicted octanol–water partition coefficient (Wildman–Crippen LogP) is 4.88. The number of aryl methyl sites for hydroxylation is 2. The zero-order valence-electron chi connectivity index (χ0n) is 18.3. The lowest BCUT2D eigenvalue weighted by atomic mass is 9.88. The van der Waals surface area contributed by atoms with Crippen LogP contribution in [0.1, 0.15) is 38.3 Å². The molecule has 0 aliphatic heterocycles. The Morgan fingerprint density at radius 2 is 1.61 bits per heavy atom. The second-order valence-corrected chi connectivity index (χ2v) is 10.6. The Kier molecular flexibility index (Phi) is 5.46. The van der Waals surface area contributed by atoms with Crippen molar-refractivity contribution in [2.45, 2.75) is 36.8 Å². The molecule has 5 rings (SSSR count). The normalized spacial score (nSPS) is 12.8. The number of rotatable bonds is 6. The van der Waals surface area contributed by atoms with Crippen LogP contribution in [-0.4, -0.2) is 24.4 Å². The van der Waals surface area contributed by atoms with Gasteiger partial charge in [0.15, 0.2) is 15.6 Å². The third kappa shape index (κ3) is 4.26. The average Bonchev–Trinajstić information content (AvgIpc) is 3.26. The van der Waals surface area contributed by atoms with Crippen molar-refractivity contribution in [1.82, 2.24) is 10.2 Å². The number of carbonyl (C=O) groups is 1. The Morgan fingerprint density at radius 3 is 2.36 bits per heavy atom. The molecule has 1 N–H and O–H groups in total. The molecule has 0 bridgehead atoms. The van der Waals surface area contributed by atoms with Crippen LogP contribution >= 0.6 is 0 Å². The van der Waals surface area contributed by atoms with Gasteiger partial charge in [-0.3, -0.25) is 9.89 Å². The van der Waals surface area contributed by atoms with Gasteiger partial charge in [-0.25, -0.2) is 8.42 Å². The van der Waals surface area contributed by atoms with E-state index >= 15 is 0 Å². The summed E-state index contributed by atoms with van der Waals surface area (Å²) >= 11 is 0. The Hall–Kier alpha value is -3.51. The van der Waals surface area contributed by atoms with Crippen molar-refractivity contribution >= 4 is 15.6 Å². The fraction of sp³-hybridized carbons (Fsp3) is 0.185. The summed E-state index contributed by atoms with van der Waals surface area (Å²) in [6.07, 6.45) is 1.85. The molecule has 0 saturated carbocycles. The maximum absolute atomic E-state index is 13.0. The van der Waals surface area contributed by atoms with Crippen molar-refractivity contribution in [2.24, 2.45) is 0 Å². The SMILES string of the molecule is Cc1ccc(CS(=O)(=O)c2ccc(CC(=O)c3[nH]nc4c3CCc3ccccc3-4)cc2)cc1. The summed E-state index contributed by atoms with van der Waals surface area (Å²) < 4.78 is 25.6. The number of benzene rings is 3. The first-order chi connectivity index (χ1) is 15.9. The molecular formula is C27H24N2O3S. The number of ketones is 1. The van der Waals surface area contributed by atoms with Gasteiger partial charge >= 0.3 is 0 Å². The van der Waals surface area contributed by atoms with Gasteiger partial charge < -0.3 is 0 Å². The largest absolute Gasteiger partial charge is 0.292 e. The Labute approximate surface area is 193 Å². The molecule has 1 aliphatic carbocycles. The van der Waals surface area contributed by atoms with Gasteiger partial charge in [-0.1, -0.05) is 66.2 Å². The van der Waals surface area contributed by atoms with Crippen molar-refractivity contribution < 1.29 is 13.2 Å². The van der Waals surface area contributed by atoms with E-state index in [9.17, 15) is 13.2 Å². The number of nitrogens with one attached hydrogen (secondary N) is 1. The van der Waals surface area contributed by atoms with Crippen LogP contribution in [0.25, 0.3) is 11.3 Å². The van der Waals surface area contributed by atoms with E-state index in [0.717, 1.165) is 46.4 Å². The lowest BCUT2D eigenvalue weighted by Gasteiger charge is -2.15. The molecule has 0 saturated heterocycles. The number of sulfone groups is 1. The van der Waals surface area contributed by atoms with Crippen LogP contribution in [0.3, 0.4) is 0 Å². The zero-order valence-corrected chi connectivity index (χ0v) is 19.2. The maximum Gasteiger partial charge on any atom is 0.185 e. The number of hydrogen-bond acceptors (Lipinski definition) is 4. The molecule has 0 amide bonds. The second-order valence-electron chi connectivity index (χ2n) is 8.57. The topological polar surface area (TPSA) is 79.9 Å². The molecule has 0 atom stereocenters. The molecule has 1 aliphatic rings. The van der Waals surface area contributed by atoms with Crippen molar-refractivity contribution in [3.05, 3.63) is 106 Å². The van der Waals surface area contributed by atoms with E-state index in [4.69, 9.17) is 0 Å². The van der Waals surface area contributed by atoms with E-state index in [1.54, 1.807) is 24.3 Å². The predicted molar refractivity (Wildman–Crippen MR) is 128 cm³/mol. The fourth-order valence-corrected chi connectivity index (χ4v) is 5.72. The second kappa shape index (κ2) is 8.45. The lowest BCUT2D eigenvalue weighted by molar-refractivity contribution is 0.0987. The minimum Gasteiger partial charge on any atom is -0.292 e. The van der Waals surface area contributed by atoms with E-state index in [0.29, 0.717) is 5.69 Å². The van der Waals surface area contributed by atoms with Gasteiger partial charge in [-0.2, -0.15) is 5.10 Å². The van der Waals surface area contributed by atoms with Crippen molar-refractivity contribution in [2.75, 3.05) is 0 Å². The molecular weight excluding hydrogens is 432 g/mol. The molecule has 4 aromatic rings. The summed E-state index contributed by atoms with van der Waals surface area (Å²) in [6.45, 7) is 1.97. The minimum atomic E-state index is -3.46. The molecule has 6 heteroatoms. The fourth-order valence-electron chi connectivity index (χ4n) is 4.37. The van der Waals surface area contributed by atoms with Crippen LogP contribution in [0.5, 0.6) is 0 Å². The Morgan fingerprint density at radius 1 is 0.909 bits per heavy atom. The average molecular weight is 457 g/mol. The molecule has 5 nitrogen and oxygen atoms in total. The molecule has 1 aromatic heterocycles. The first-order valence-corrected chi connectivity index (χ1v) is 12.6. The molecule has 0 radical (unpaired) electrons. The van der Waals surface area contributed by atoms with Crippen LogP contribution in [0.15, 0.2) is 77.7 Å². The van der Waals surface area contributed by atoms with Crippen molar-refractivity contribution in [3.8, 4) is 11.3 Å². The summed E-state index contributed by atoms with van der Waals surface area (Å²) in [5, 5.41) is 7.38. The molecule has 0 unspecified atom stereocenters. The molecule has 0 fully saturated rings. The van der Waals surface area contributed by atoms with Crippen molar-refractivity contribution in [3.63, 3.8) is 0 Å². The van der Waals surface area contributed by atoms with E-state index in [-0.39, 0.29) is 22.9 Å². The van der Waals surface area contributed by atoms with Gasteiger partial charge in [0.2, 0.25) is 0 Å². The van der Waals surface area contributed by atoms with Gasteiger partial charge in [0.1, 0.15) is 5.69 Å². The first kappa shape index (κ1) is 21.3. The smallest absolute Gasteiger partial charge is 0.185 e. The number of hydrogen-bond donors (Lipinski definition) is 1. The Bertz CT molecular complexity index is 1430. The van der Waals surface area contributed by atoms with Crippen molar-refractivity contribution in [1.29, 1.82) is 0 Å². The third-order valence-corrected chi connectivity index (χ3v) is 7.89. The van der Waals surface area contributed by atoms with Gasteiger partial charge in [0, 0.05) is 17.5 Å². The highest BCUT2D eigenvalue weighted by Gasteiger charge is 2.25. The molecule has 1 heterocycles.